The number of rotatable bonds is 3. The van der Waals surface area contributed by atoms with E-state index < -0.39 is 0 Å². The highest BCUT2D eigenvalue weighted by Crippen LogP contribution is 2.20. The van der Waals surface area contributed by atoms with Gasteiger partial charge in [0.1, 0.15) is 6.54 Å². The Labute approximate surface area is 109 Å². The smallest absolute Gasteiger partial charge is 0.216 e. The van der Waals surface area contributed by atoms with E-state index >= 15 is 0 Å². The molecule has 3 nitrogen and oxygen atoms in total. The van der Waals surface area contributed by atoms with Crippen molar-refractivity contribution in [1.29, 1.82) is 0 Å². The van der Waals surface area contributed by atoms with Crippen molar-refractivity contribution < 1.29 is 9.28 Å². The molecule has 18 heavy (non-hydrogen) atoms. The standard InChI is InChI=1S/C15H21N2O/c1-13-2-4-14(5-3-13)15(18)12-17-9-6-16(7-10-17)8-11-17/h2-5H,6-12H2,1H3/q+1. The van der Waals surface area contributed by atoms with Crippen molar-refractivity contribution in [2.45, 2.75) is 6.92 Å². The number of Topliss-reactive ketones (excluding diaryl/α,β-unsaturated/α-hetero) is 1. The van der Waals surface area contributed by atoms with E-state index in [4.69, 9.17) is 0 Å². The number of quaternary nitrogens is 1. The first-order valence-corrected chi connectivity index (χ1v) is 6.84. The molecule has 3 heterocycles. The molecule has 0 aromatic heterocycles. The number of piperazine rings is 3. The van der Waals surface area contributed by atoms with Crippen molar-refractivity contribution in [3.05, 3.63) is 35.4 Å². The molecular formula is C15H21N2O+. The molecule has 3 saturated heterocycles. The third-order valence-corrected chi connectivity index (χ3v) is 4.52. The van der Waals surface area contributed by atoms with Crippen LogP contribution in [0, 0.1) is 6.92 Å². The number of carbonyl (C=O) groups excluding carboxylic acids is 1. The molecule has 2 bridgehead atoms. The molecule has 0 radical (unpaired) electrons. The van der Waals surface area contributed by atoms with Crippen LogP contribution >= 0.6 is 0 Å². The van der Waals surface area contributed by atoms with Gasteiger partial charge in [0.25, 0.3) is 0 Å². The number of benzene rings is 1. The summed E-state index contributed by atoms with van der Waals surface area (Å²) in [4.78, 5) is 14.9. The predicted molar refractivity (Wildman–Crippen MR) is 71.7 cm³/mol. The Morgan fingerprint density at radius 2 is 1.67 bits per heavy atom. The molecule has 0 spiro atoms. The lowest BCUT2D eigenvalue weighted by Crippen LogP contribution is -2.68. The minimum atomic E-state index is 0.311. The van der Waals surface area contributed by atoms with Gasteiger partial charge in [0.2, 0.25) is 5.78 Å². The Balaban J connectivity index is 1.72. The zero-order chi connectivity index (χ0) is 12.6. The zero-order valence-corrected chi connectivity index (χ0v) is 11.1. The molecule has 0 aliphatic carbocycles. The van der Waals surface area contributed by atoms with Gasteiger partial charge in [-0.2, -0.15) is 0 Å². The van der Waals surface area contributed by atoms with Crippen molar-refractivity contribution >= 4 is 5.78 Å². The Kier molecular flexibility index (Phi) is 2.96. The first-order chi connectivity index (χ1) is 8.67. The molecule has 96 valence electrons. The maximum Gasteiger partial charge on any atom is 0.216 e. The molecule has 0 N–H and O–H groups in total. The van der Waals surface area contributed by atoms with Gasteiger partial charge in [0.05, 0.1) is 19.6 Å². The third kappa shape index (κ3) is 2.20. The highest BCUT2D eigenvalue weighted by atomic mass is 16.1. The maximum atomic E-state index is 12.4. The molecule has 0 atom stereocenters. The highest BCUT2D eigenvalue weighted by Gasteiger charge is 2.39. The fourth-order valence-corrected chi connectivity index (χ4v) is 3.10. The van der Waals surface area contributed by atoms with Crippen molar-refractivity contribution in [1.82, 2.24) is 4.90 Å². The Hall–Kier alpha value is -1.19. The summed E-state index contributed by atoms with van der Waals surface area (Å²) in [5.41, 5.74) is 2.09. The van der Waals surface area contributed by atoms with Gasteiger partial charge >= 0.3 is 0 Å². The van der Waals surface area contributed by atoms with Gasteiger partial charge in [-0.3, -0.25) is 9.69 Å². The largest absolute Gasteiger partial charge is 0.314 e. The van der Waals surface area contributed by atoms with Crippen molar-refractivity contribution in [2.24, 2.45) is 0 Å². The molecule has 3 aliphatic heterocycles. The van der Waals surface area contributed by atoms with Crippen molar-refractivity contribution in [3.8, 4) is 0 Å². The molecule has 3 fully saturated rings. The second-order valence-electron chi connectivity index (χ2n) is 5.80. The van der Waals surface area contributed by atoms with Crippen LogP contribution in [0.15, 0.2) is 24.3 Å². The number of hydrogen-bond donors (Lipinski definition) is 0. The molecule has 1 aromatic carbocycles. The number of hydrogen-bond acceptors (Lipinski definition) is 2. The Morgan fingerprint density at radius 1 is 1.11 bits per heavy atom. The van der Waals surface area contributed by atoms with Gasteiger partial charge in [-0.1, -0.05) is 29.8 Å². The number of fused-ring (bicyclic) bond motifs is 3. The Bertz CT molecular complexity index is 430. The molecule has 0 amide bonds. The van der Waals surface area contributed by atoms with Crippen LogP contribution in [-0.4, -0.2) is 61.0 Å². The van der Waals surface area contributed by atoms with Crippen molar-refractivity contribution in [2.75, 3.05) is 45.8 Å². The molecule has 0 saturated carbocycles. The van der Waals surface area contributed by atoms with E-state index in [1.165, 1.54) is 25.2 Å². The summed E-state index contributed by atoms with van der Waals surface area (Å²) in [5, 5.41) is 0. The average molecular weight is 245 g/mol. The SMILES string of the molecule is Cc1ccc(C(=O)C[N+]23CCN(CC2)CC3)cc1. The third-order valence-electron chi connectivity index (χ3n) is 4.52. The van der Waals surface area contributed by atoms with E-state index in [2.05, 4.69) is 11.8 Å². The number of ketones is 1. The summed E-state index contributed by atoms with van der Waals surface area (Å²) < 4.78 is 1.02. The van der Waals surface area contributed by atoms with Crippen LogP contribution in [0.3, 0.4) is 0 Å². The Morgan fingerprint density at radius 3 is 2.22 bits per heavy atom. The molecule has 3 aliphatic rings. The van der Waals surface area contributed by atoms with Gasteiger partial charge in [-0.05, 0) is 6.92 Å². The average Bonchev–Trinajstić information content (AvgIpc) is 2.41. The van der Waals surface area contributed by atoms with Gasteiger partial charge in [0.15, 0.2) is 0 Å². The second-order valence-corrected chi connectivity index (χ2v) is 5.80. The summed E-state index contributed by atoms with van der Waals surface area (Å²) in [5.74, 6) is 0.311. The summed E-state index contributed by atoms with van der Waals surface area (Å²) >= 11 is 0. The second kappa shape index (κ2) is 4.48. The lowest BCUT2D eigenvalue weighted by atomic mass is 10.0. The highest BCUT2D eigenvalue weighted by molar-refractivity contribution is 5.97. The van der Waals surface area contributed by atoms with Crippen LogP contribution in [0.25, 0.3) is 0 Å². The number of carbonyl (C=O) groups is 1. The lowest BCUT2D eigenvalue weighted by molar-refractivity contribution is -0.933. The van der Waals surface area contributed by atoms with E-state index in [1.54, 1.807) is 0 Å². The zero-order valence-electron chi connectivity index (χ0n) is 11.1. The number of nitrogens with zero attached hydrogens (tertiary/aromatic N) is 2. The van der Waals surface area contributed by atoms with Gasteiger partial charge in [-0.15, -0.1) is 0 Å². The van der Waals surface area contributed by atoms with Crippen LogP contribution < -0.4 is 0 Å². The molecular weight excluding hydrogens is 224 g/mol. The molecule has 3 heteroatoms. The summed E-state index contributed by atoms with van der Waals surface area (Å²) in [7, 11) is 0. The van der Waals surface area contributed by atoms with Crippen molar-refractivity contribution in [3.63, 3.8) is 0 Å². The quantitative estimate of drug-likeness (QED) is 0.591. The normalized spacial score (nSPS) is 30.4. The minimum absolute atomic E-state index is 0.311. The van der Waals surface area contributed by atoms with Crippen LogP contribution in [0.4, 0.5) is 0 Å². The molecule has 0 unspecified atom stereocenters. The minimum Gasteiger partial charge on any atom is -0.314 e. The van der Waals surface area contributed by atoms with Gasteiger partial charge in [-0.25, -0.2) is 0 Å². The summed E-state index contributed by atoms with van der Waals surface area (Å²) in [6.45, 7) is 9.70. The van der Waals surface area contributed by atoms with E-state index in [-0.39, 0.29) is 0 Å². The molecule has 4 rings (SSSR count). The fraction of sp³-hybridized carbons (Fsp3) is 0.533. The first-order valence-electron chi connectivity index (χ1n) is 6.84. The van der Waals surface area contributed by atoms with E-state index in [9.17, 15) is 4.79 Å². The van der Waals surface area contributed by atoms with E-state index in [0.717, 1.165) is 29.7 Å². The summed E-state index contributed by atoms with van der Waals surface area (Å²) in [6.07, 6.45) is 0. The van der Waals surface area contributed by atoms with Crippen LogP contribution in [0.5, 0.6) is 0 Å². The van der Waals surface area contributed by atoms with Crippen LogP contribution in [0.2, 0.25) is 0 Å². The fourth-order valence-electron chi connectivity index (χ4n) is 3.10. The van der Waals surface area contributed by atoms with E-state index in [0.29, 0.717) is 12.3 Å². The lowest BCUT2D eigenvalue weighted by Gasteiger charge is -2.50. The maximum absolute atomic E-state index is 12.4. The van der Waals surface area contributed by atoms with E-state index in [1.807, 2.05) is 24.3 Å². The predicted octanol–water partition coefficient (Wildman–Crippen LogP) is 1.32. The van der Waals surface area contributed by atoms with Gasteiger partial charge in [0, 0.05) is 25.2 Å². The van der Waals surface area contributed by atoms with Gasteiger partial charge < -0.3 is 4.48 Å². The molecule has 1 aromatic rings. The van der Waals surface area contributed by atoms with Crippen LogP contribution in [0.1, 0.15) is 15.9 Å². The monoisotopic (exact) mass is 245 g/mol. The number of aryl methyl sites for hydroxylation is 1. The van der Waals surface area contributed by atoms with Crippen LogP contribution in [-0.2, 0) is 0 Å². The topological polar surface area (TPSA) is 20.3 Å². The summed E-state index contributed by atoms with van der Waals surface area (Å²) in [6, 6.07) is 8.00. The first kappa shape index (κ1) is 11.9.